The van der Waals surface area contributed by atoms with Crippen molar-refractivity contribution in [2.45, 2.75) is 13.3 Å². The van der Waals surface area contributed by atoms with E-state index in [1.54, 1.807) is 11.3 Å². The van der Waals surface area contributed by atoms with E-state index in [4.69, 9.17) is 11.6 Å². The van der Waals surface area contributed by atoms with Crippen LogP contribution < -0.4 is 4.72 Å². The van der Waals surface area contributed by atoms with Gasteiger partial charge in [-0.1, -0.05) is 23.7 Å². The number of aryl methyl sites for hydroxylation is 1. The van der Waals surface area contributed by atoms with E-state index in [0.29, 0.717) is 18.0 Å². The molecule has 0 bridgehead atoms. The van der Waals surface area contributed by atoms with Gasteiger partial charge in [-0.05, 0) is 25.5 Å². The van der Waals surface area contributed by atoms with Gasteiger partial charge in [0.05, 0.1) is 11.9 Å². The van der Waals surface area contributed by atoms with Crippen molar-refractivity contribution in [3.8, 4) is 10.6 Å². The molecule has 1 heterocycles. The minimum Gasteiger partial charge on any atom is -0.241 e. The van der Waals surface area contributed by atoms with Crippen LogP contribution in [0.2, 0.25) is 5.02 Å². The summed E-state index contributed by atoms with van der Waals surface area (Å²) in [6.45, 7) is 2.33. The molecule has 1 aromatic carbocycles. The molecule has 20 heavy (non-hydrogen) atoms. The van der Waals surface area contributed by atoms with Gasteiger partial charge in [-0.3, -0.25) is 0 Å². The Morgan fingerprint density at radius 3 is 2.55 bits per heavy atom. The molecule has 1 aromatic heterocycles. The lowest BCUT2D eigenvalue weighted by Crippen LogP contribution is -2.24. The zero-order valence-electron chi connectivity index (χ0n) is 11.2. The first kappa shape index (κ1) is 15.4. The first-order chi connectivity index (χ1) is 9.35. The van der Waals surface area contributed by atoms with Gasteiger partial charge in [0.1, 0.15) is 5.01 Å². The molecule has 0 unspecified atom stereocenters. The molecule has 0 aliphatic heterocycles. The summed E-state index contributed by atoms with van der Waals surface area (Å²) in [4.78, 5) is 5.61. The zero-order chi connectivity index (χ0) is 14.8. The van der Waals surface area contributed by atoms with Crippen molar-refractivity contribution in [1.82, 2.24) is 9.71 Å². The molecule has 2 aromatic rings. The third kappa shape index (κ3) is 4.28. The summed E-state index contributed by atoms with van der Waals surface area (Å²) in [7, 11) is -3.14. The number of aromatic nitrogens is 1. The molecule has 0 atom stereocenters. The molecule has 7 heteroatoms. The van der Waals surface area contributed by atoms with E-state index < -0.39 is 10.0 Å². The third-order valence-electron chi connectivity index (χ3n) is 2.70. The predicted octanol–water partition coefficient (Wildman–Crippen LogP) is 2.86. The number of rotatable bonds is 5. The van der Waals surface area contributed by atoms with Crippen LogP contribution in [0.4, 0.5) is 0 Å². The highest BCUT2D eigenvalue weighted by Gasteiger charge is 2.10. The SMILES string of the molecule is Cc1nc(-c2ccc(Cl)cc2)sc1CCNS(C)(=O)=O. The number of hydrogen-bond donors (Lipinski definition) is 1. The van der Waals surface area contributed by atoms with E-state index >= 15 is 0 Å². The molecular formula is C13H15ClN2O2S2. The van der Waals surface area contributed by atoms with Gasteiger partial charge in [0.15, 0.2) is 0 Å². The van der Waals surface area contributed by atoms with Gasteiger partial charge in [-0.15, -0.1) is 11.3 Å². The standard InChI is InChI=1S/C13H15ClN2O2S2/c1-9-12(7-8-15-20(2,17)18)19-13(16-9)10-3-5-11(14)6-4-10/h3-6,15H,7-8H2,1-2H3. The summed E-state index contributed by atoms with van der Waals surface area (Å²) >= 11 is 7.44. The van der Waals surface area contributed by atoms with Crippen LogP contribution in [0, 0.1) is 6.92 Å². The van der Waals surface area contributed by atoms with Gasteiger partial charge in [0.25, 0.3) is 0 Å². The van der Waals surface area contributed by atoms with E-state index in [0.717, 1.165) is 27.4 Å². The molecular weight excluding hydrogens is 316 g/mol. The summed E-state index contributed by atoms with van der Waals surface area (Å²) in [5, 5.41) is 1.62. The van der Waals surface area contributed by atoms with Crippen molar-refractivity contribution in [2.75, 3.05) is 12.8 Å². The number of nitrogens with zero attached hydrogens (tertiary/aromatic N) is 1. The van der Waals surface area contributed by atoms with Gasteiger partial charge >= 0.3 is 0 Å². The number of hydrogen-bond acceptors (Lipinski definition) is 4. The molecule has 0 spiro atoms. The monoisotopic (exact) mass is 330 g/mol. The van der Waals surface area contributed by atoms with E-state index in [1.165, 1.54) is 0 Å². The molecule has 0 saturated heterocycles. The summed E-state index contributed by atoms with van der Waals surface area (Å²) in [5.74, 6) is 0. The average molecular weight is 331 g/mol. The van der Waals surface area contributed by atoms with Crippen molar-refractivity contribution in [2.24, 2.45) is 0 Å². The lowest BCUT2D eigenvalue weighted by Gasteiger charge is -2.00. The van der Waals surface area contributed by atoms with Crippen molar-refractivity contribution >= 4 is 33.0 Å². The molecule has 0 saturated carbocycles. The fourth-order valence-electron chi connectivity index (χ4n) is 1.73. The minimum atomic E-state index is -3.14. The third-order valence-corrected chi connectivity index (χ3v) is 4.95. The van der Waals surface area contributed by atoms with Crippen molar-refractivity contribution < 1.29 is 8.42 Å². The molecule has 4 nitrogen and oxygen atoms in total. The van der Waals surface area contributed by atoms with Crippen LogP contribution in [-0.4, -0.2) is 26.2 Å². The highest BCUT2D eigenvalue weighted by molar-refractivity contribution is 7.88. The summed E-state index contributed by atoms with van der Waals surface area (Å²) in [6.07, 6.45) is 1.80. The predicted molar refractivity (Wildman–Crippen MR) is 83.8 cm³/mol. The van der Waals surface area contributed by atoms with Crippen LogP contribution in [0.3, 0.4) is 0 Å². The van der Waals surface area contributed by atoms with E-state index in [9.17, 15) is 8.42 Å². The summed E-state index contributed by atoms with van der Waals surface area (Å²) in [5.41, 5.74) is 1.96. The maximum Gasteiger partial charge on any atom is 0.208 e. The van der Waals surface area contributed by atoms with E-state index in [2.05, 4.69) is 9.71 Å². The van der Waals surface area contributed by atoms with Gasteiger partial charge in [0, 0.05) is 22.0 Å². The Morgan fingerprint density at radius 2 is 1.95 bits per heavy atom. The highest BCUT2D eigenvalue weighted by atomic mass is 35.5. The second-order valence-corrected chi connectivity index (χ2v) is 7.80. The van der Waals surface area contributed by atoms with Crippen molar-refractivity contribution in [3.05, 3.63) is 39.9 Å². The first-order valence-electron chi connectivity index (χ1n) is 6.02. The van der Waals surface area contributed by atoms with Crippen LogP contribution >= 0.6 is 22.9 Å². The number of halogens is 1. The second-order valence-electron chi connectivity index (χ2n) is 4.45. The second kappa shape index (κ2) is 6.22. The van der Waals surface area contributed by atoms with E-state index in [-0.39, 0.29) is 0 Å². The fourth-order valence-corrected chi connectivity index (χ4v) is 3.39. The van der Waals surface area contributed by atoms with Crippen molar-refractivity contribution in [3.63, 3.8) is 0 Å². The summed E-state index contributed by atoms with van der Waals surface area (Å²) < 4.78 is 24.5. The summed E-state index contributed by atoms with van der Waals surface area (Å²) in [6, 6.07) is 7.52. The number of nitrogens with one attached hydrogen (secondary N) is 1. The number of sulfonamides is 1. The highest BCUT2D eigenvalue weighted by Crippen LogP contribution is 2.28. The molecule has 1 N–H and O–H groups in total. The normalized spacial score (nSPS) is 11.8. The van der Waals surface area contributed by atoms with Crippen LogP contribution in [0.25, 0.3) is 10.6 Å². The topological polar surface area (TPSA) is 59.1 Å². The molecule has 0 aliphatic carbocycles. The lowest BCUT2D eigenvalue weighted by molar-refractivity contribution is 0.588. The Hall–Kier alpha value is -0.950. The lowest BCUT2D eigenvalue weighted by atomic mass is 10.2. The van der Waals surface area contributed by atoms with Gasteiger partial charge in [-0.2, -0.15) is 0 Å². The van der Waals surface area contributed by atoms with Gasteiger partial charge < -0.3 is 0 Å². The largest absolute Gasteiger partial charge is 0.241 e. The van der Waals surface area contributed by atoms with Gasteiger partial charge in [0.2, 0.25) is 10.0 Å². The maximum atomic E-state index is 11.0. The smallest absolute Gasteiger partial charge is 0.208 e. The Kier molecular flexibility index (Phi) is 4.80. The number of thiazole rings is 1. The van der Waals surface area contributed by atoms with E-state index in [1.807, 2.05) is 31.2 Å². The molecule has 108 valence electrons. The zero-order valence-corrected chi connectivity index (χ0v) is 13.6. The Morgan fingerprint density at radius 1 is 1.30 bits per heavy atom. The molecule has 0 amide bonds. The van der Waals surface area contributed by atoms with Gasteiger partial charge in [-0.25, -0.2) is 18.1 Å². The molecule has 2 rings (SSSR count). The van der Waals surface area contributed by atoms with Crippen LogP contribution in [0.15, 0.2) is 24.3 Å². The van der Waals surface area contributed by atoms with Crippen LogP contribution in [0.5, 0.6) is 0 Å². The van der Waals surface area contributed by atoms with Crippen LogP contribution in [0.1, 0.15) is 10.6 Å². The molecule has 0 aliphatic rings. The quantitative estimate of drug-likeness (QED) is 0.917. The first-order valence-corrected chi connectivity index (χ1v) is 9.10. The Labute approximate surface area is 127 Å². The number of benzene rings is 1. The Bertz CT molecular complexity index is 694. The van der Waals surface area contributed by atoms with Crippen LogP contribution in [-0.2, 0) is 16.4 Å². The molecule has 0 fully saturated rings. The Balaban J connectivity index is 2.11. The molecule has 0 radical (unpaired) electrons. The fraction of sp³-hybridized carbons (Fsp3) is 0.308. The van der Waals surface area contributed by atoms with Crippen molar-refractivity contribution in [1.29, 1.82) is 0 Å². The average Bonchev–Trinajstić information content (AvgIpc) is 2.70. The minimum absolute atomic E-state index is 0.391. The maximum absolute atomic E-state index is 11.0.